The summed E-state index contributed by atoms with van der Waals surface area (Å²) in [5.74, 6) is -4.14. The Morgan fingerprint density at radius 2 is 1.93 bits per heavy atom. The molecule has 0 saturated carbocycles. The molecule has 0 atom stereocenters. The van der Waals surface area contributed by atoms with E-state index in [1.807, 2.05) is 0 Å². The number of carbonyl (C=O) groups is 1. The molecule has 82 valence electrons. The molecule has 0 amide bonds. The molecule has 1 aromatic rings. The maximum atomic E-state index is 12.9. The first-order valence-electron chi connectivity index (χ1n) is 3.86. The molecular weight excluding hydrogens is 216 g/mol. The number of carbonyl (C=O) groups excluding carboxylic acids is 1. The molecule has 0 aromatic heterocycles. The molecule has 1 aromatic carbocycles. The van der Waals surface area contributed by atoms with Gasteiger partial charge in [-0.05, 0) is 13.0 Å². The van der Waals surface area contributed by atoms with E-state index in [0.717, 1.165) is 13.0 Å². The van der Waals surface area contributed by atoms with E-state index in [1.54, 1.807) is 0 Å². The Bertz CT molecular complexity index is 390. The number of Topliss-reactive ketones (excluding diaryl/α,β-unsaturated/α-hetero) is 1. The van der Waals surface area contributed by atoms with Crippen molar-refractivity contribution in [2.45, 2.75) is 13.5 Å². The summed E-state index contributed by atoms with van der Waals surface area (Å²) in [6.07, 6.45) is 0. The average molecular weight is 222 g/mol. The SMILES string of the molecule is CC(=O)c1cc(OC(F)F)cc(F)c1F. The number of ether oxygens (including phenoxy) is 1. The molecule has 6 heteroatoms. The van der Waals surface area contributed by atoms with Gasteiger partial charge >= 0.3 is 6.61 Å². The van der Waals surface area contributed by atoms with E-state index in [-0.39, 0.29) is 0 Å². The predicted octanol–water partition coefficient (Wildman–Crippen LogP) is 2.77. The molecule has 0 N–H and O–H groups in total. The van der Waals surface area contributed by atoms with Gasteiger partial charge in [0.2, 0.25) is 0 Å². The highest BCUT2D eigenvalue weighted by Gasteiger charge is 2.16. The van der Waals surface area contributed by atoms with Crippen LogP contribution in [0, 0.1) is 11.6 Å². The molecule has 15 heavy (non-hydrogen) atoms. The lowest BCUT2D eigenvalue weighted by Gasteiger charge is -2.06. The third-order valence-corrected chi connectivity index (χ3v) is 1.61. The topological polar surface area (TPSA) is 26.3 Å². The highest BCUT2D eigenvalue weighted by Crippen LogP contribution is 2.22. The van der Waals surface area contributed by atoms with Crippen molar-refractivity contribution in [3.8, 4) is 5.75 Å². The van der Waals surface area contributed by atoms with Crippen molar-refractivity contribution in [1.82, 2.24) is 0 Å². The van der Waals surface area contributed by atoms with Crippen molar-refractivity contribution in [3.63, 3.8) is 0 Å². The normalized spacial score (nSPS) is 10.5. The Morgan fingerprint density at radius 1 is 1.33 bits per heavy atom. The van der Waals surface area contributed by atoms with Crippen LogP contribution in [-0.2, 0) is 0 Å². The van der Waals surface area contributed by atoms with E-state index in [1.165, 1.54) is 0 Å². The Hall–Kier alpha value is -1.59. The van der Waals surface area contributed by atoms with Gasteiger partial charge in [-0.2, -0.15) is 8.78 Å². The van der Waals surface area contributed by atoms with E-state index in [4.69, 9.17) is 0 Å². The second-order valence-corrected chi connectivity index (χ2v) is 2.70. The summed E-state index contributed by atoms with van der Waals surface area (Å²) in [5.41, 5.74) is -0.620. The van der Waals surface area contributed by atoms with Crippen LogP contribution >= 0.6 is 0 Å². The van der Waals surface area contributed by atoms with Crippen LogP contribution in [0.1, 0.15) is 17.3 Å². The summed E-state index contributed by atoms with van der Waals surface area (Å²) >= 11 is 0. The minimum absolute atomic E-state index is 0.452. The first kappa shape index (κ1) is 11.5. The molecule has 2 nitrogen and oxygen atoms in total. The fourth-order valence-electron chi connectivity index (χ4n) is 0.991. The quantitative estimate of drug-likeness (QED) is 0.580. The molecule has 0 bridgehead atoms. The lowest BCUT2D eigenvalue weighted by atomic mass is 10.1. The summed E-state index contributed by atoms with van der Waals surface area (Å²) in [6, 6.07) is 1.18. The third-order valence-electron chi connectivity index (χ3n) is 1.61. The van der Waals surface area contributed by atoms with Crippen LogP contribution < -0.4 is 4.74 Å². The molecule has 0 aliphatic heterocycles. The van der Waals surface area contributed by atoms with Gasteiger partial charge in [0.25, 0.3) is 0 Å². The Kier molecular flexibility index (Phi) is 3.28. The van der Waals surface area contributed by atoms with Crippen LogP contribution in [0.2, 0.25) is 0 Å². The van der Waals surface area contributed by atoms with Crippen molar-refractivity contribution in [3.05, 3.63) is 29.3 Å². The lowest BCUT2D eigenvalue weighted by molar-refractivity contribution is -0.0501. The van der Waals surface area contributed by atoms with Gasteiger partial charge in [-0.1, -0.05) is 0 Å². The molecule has 0 aliphatic carbocycles. The maximum Gasteiger partial charge on any atom is 0.387 e. The maximum absolute atomic E-state index is 12.9. The largest absolute Gasteiger partial charge is 0.435 e. The van der Waals surface area contributed by atoms with Crippen molar-refractivity contribution in [2.75, 3.05) is 0 Å². The standard InChI is InChI=1S/C9H6F4O2/c1-4(14)6-2-5(15-9(12)13)3-7(10)8(6)11/h2-3,9H,1H3. The van der Waals surface area contributed by atoms with Crippen molar-refractivity contribution in [1.29, 1.82) is 0 Å². The van der Waals surface area contributed by atoms with E-state index in [9.17, 15) is 22.4 Å². The summed E-state index contributed by atoms with van der Waals surface area (Å²) in [7, 11) is 0. The Morgan fingerprint density at radius 3 is 2.40 bits per heavy atom. The molecule has 0 aliphatic rings. The van der Waals surface area contributed by atoms with Gasteiger partial charge in [-0.25, -0.2) is 8.78 Å². The fraction of sp³-hybridized carbons (Fsp3) is 0.222. The number of halogens is 4. The van der Waals surface area contributed by atoms with Crippen LogP contribution in [0.25, 0.3) is 0 Å². The van der Waals surface area contributed by atoms with Crippen molar-refractivity contribution in [2.24, 2.45) is 0 Å². The third kappa shape index (κ3) is 2.68. The summed E-state index contributed by atoms with van der Waals surface area (Å²) in [6.45, 7) is -2.17. The van der Waals surface area contributed by atoms with Crippen LogP contribution in [0.15, 0.2) is 12.1 Å². The van der Waals surface area contributed by atoms with Gasteiger partial charge in [0.15, 0.2) is 17.4 Å². The number of rotatable bonds is 3. The fourth-order valence-corrected chi connectivity index (χ4v) is 0.991. The van der Waals surface area contributed by atoms with Crippen LogP contribution in [0.5, 0.6) is 5.75 Å². The van der Waals surface area contributed by atoms with E-state index in [2.05, 4.69) is 4.74 Å². The predicted molar refractivity (Wildman–Crippen MR) is 43.0 cm³/mol. The van der Waals surface area contributed by atoms with E-state index < -0.39 is 35.3 Å². The highest BCUT2D eigenvalue weighted by atomic mass is 19.3. The van der Waals surface area contributed by atoms with Gasteiger partial charge < -0.3 is 4.74 Å². The first-order chi connectivity index (χ1) is 6.91. The number of hydrogen-bond donors (Lipinski definition) is 0. The van der Waals surface area contributed by atoms with Crippen molar-refractivity contribution >= 4 is 5.78 Å². The number of hydrogen-bond acceptors (Lipinski definition) is 2. The molecular formula is C9H6F4O2. The zero-order chi connectivity index (χ0) is 11.6. The molecule has 0 fully saturated rings. The monoisotopic (exact) mass is 222 g/mol. The highest BCUT2D eigenvalue weighted by molar-refractivity contribution is 5.94. The zero-order valence-corrected chi connectivity index (χ0v) is 7.56. The van der Waals surface area contributed by atoms with Gasteiger partial charge in [-0.15, -0.1) is 0 Å². The number of benzene rings is 1. The van der Waals surface area contributed by atoms with Crippen LogP contribution in [-0.4, -0.2) is 12.4 Å². The minimum Gasteiger partial charge on any atom is -0.435 e. The summed E-state index contributed by atoms with van der Waals surface area (Å²) in [5, 5.41) is 0. The van der Waals surface area contributed by atoms with Crippen LogP contribution in [0.3, 0.4) is 0 Å². The molecule has 1 rings (SSSR count). The van der Waals surface area contributed by atoms with Gasteiger partial charge in [0.05, 0.1) is 5.56 Å². The Balaban J connectivity index is 3.17. The van der Waals surface area contributed by atoms with Gasteiger partial charge in [0, 0.05) is 6.07 Å². The smallest absolute Gasteiger partial charge is 0.387 e. The molecule has 0 saturated heterocycles. The van der Waals surface area contributed by atoms with E-state index >= 15 is 0 Å². The minimum atomic E-state index is -3.16. The first-order valence-corrected chi connectivity index (χ1v) is 3.86. The second-order valence-electron chi connectivity index (χ2n) is 2.70. The number of alkyl halides is 2. The summed E-state index contributed by atoms with van der Waals surface area (Å²) < 4.78 is 53.1. The van der Waals surface area contributed by atoms with Crippen LogP contribution in [0.4, 0.5) is 17.6 Å². The second kappa shape index (κ2) is 4.29. The lowest BCUT2D eigenvalue weighted by Crippen LogP contribution is -2.06. The molecule has 0 spiro atoms. The molecule has 0 heterocycles. The van der Waals surface area contributed by atoms with E-state index in [0.29, 0.717) is 6.07 Å². The summed E-state index contributed by atoms with van der Waals surface area (Å²) in [4.78, 5) is 10.8. The van der Waals surface area contributed by atoms with Gasteiger partial charge in [-0.3, -0.25) is 4.79 Å². The molecule has 0 unspecified atom stereocenters. The average Bonchev–Trinajstić information content (AvgIpc) is 2.09. The molecule has 0 radical (unpaired) electrons. The number of ketones is 1. The van der Waals surface area contributed by atoms with Gasteiger partial charge in [0.1, 0.15) is 5.75 Å². The zero-order valence-electron chi connectivity index (χ0n) is 7.56. The Labute approximate surface area is 82.5 Å². The van der Waals surface area contributed by atoms with Crippen molar-refractivity contribution < 1.29 is 27.1 Å².